The summed E-state index contributed by atoms with van der Waals surface area (Å²) in [6.07, 6.45) is 0.477. The first-order valence-corrected chi connectivity index (χ1v) is 4.61. The van der Waals surface area contributed by atoms with Crippen molar-refractivity contribution in [3.05, 3.63) is 11.5 Å². The molecule has 0 aromatic rings. The fraction of sp³-hybridized carbons (Fsp3) is 0.500. The zero-order valence-corrected chi connectivity index (χ0v) is 8.22. The number of aliphatic hydroxyl groups is 1. The molecule has 2 N–H and O–H groups in total. The van der Waals surface area contributed by atoms with Crippen molar-refractivity contribution >= 4 is 24.5 Å². The Morgan fingerprint density at radius 3 is 2.64 bits per heavy atom. The monoisotopic (exact) mass is 217 g/mol. The van der Waals surface area contributed by atoms with Crippen molar-refractivity contribution in [3.63, 3.8) is 0 Å². The maximum atomic E-state index is 11.3. The molecule has 1 aliphatic heterocycles. The molecule has 0 bridgehead atoms. The lowest BCUT2D eigenvalue weighted by molar-refractivity contribution is -0.149. The summed E-state index contributed by atoms with van der Waals surface area (Å²) in [5.41, 5.74) is 0. The Balaban J connectivity index is 2.79. The fourth-order valence-corrected chi connectivity index (χ4v) is 1.61. The number of likely N-dealkylation sites (tertiary alicyclic amines) is 1. The Morgan fingerprint density at radius 2 is 2.14 bits per heavy atom. The Bertz CT molecular complexity index is 279. The van der Waals surface area contributed by atoms with Crippen molar-refractivity contribution < 1.29 is 19.8 Å². The van der Waals surface area contributed by atoms with Gasteiger partial charge in [-0.3, -0.25) is 4.79 Å². The van der Waals surface area contributed by atoms with Crippen LogP contribution in [0.15, 0.2) is 11.5 Å². The third-order valence-electron chi connectivity index (χ3n) is 2.12. The van der Waals surface area contributed by atoms with Gasteiger partial charge in [0, 0.05) is 12.6 Å². The van der Waals surface area contributed by atoms with Crippen molar-refractivity contribution in [2.24, 2.45) is 0 Å². The zero-order valence-electron chi connectivity index (χ0n) is 7.33. The number of nitrogens with zero attached hydrogens (tertiary/aromatic N) is 1. The summed E-state index contributed by atoms with van der Waals surface area (Å²) in [7, 11) is 0. The molecule has 1 fully saturated rings. The maximum absolute atomic E-state index is 11.3. The van der Waals surface area contributed by atoms with E-state index in [4.69, 9.17) is 5.11 Å². The van der Waals surface area contributed by atoms with Crippen LogP contribution in [-0.2, 0) is 9.59 Å². The number of aliphatic carboxylic acids is 1. The van der Waals surface area contributed by atoms with Crippen LogP contribution >= 0.6 is 12.6 Å². The lowest BCUT2D eigenvalue weighted by Gasteiger charge is -2.20. The number of carboxylic acids is 1. The van der Waals surface area contributed by atoms with Crippen molar-refractivity contribution in [2.75, 3.05) is 6.54 Å². The van der Waals surface area contributed by atoms with Gasteiger partial charge in [-0.1, -0.05) is 0 Å². The number of aliphatic hydroxyl groups excluding tert-OH is 1. The van der Waals surface area contributed by atoms with Crippen LogP contribution in [-0.4, -0.2) is 45.7 Å². The van der Waals surface area contributed by atoms with E-state index in [1.165, 1.54) is 5.41 Å². The number of amides is 1. The van der Waals surface area contributed by atoms with Gasteiger partial charge in [-0.05, 0) is 11.8 Å². The van der Waals surface area contributed by atoms with Gasteiger partial charge in [-0.15, -0.1) is 0 Å². The van der Waals surface area contributed by atoms with Gasteiger partial charge in [0.2, 0.25) is 5.91 Å². The first-order chi connectivity index (χ1) is 6.57. The van der Waals surface area contributed by atoms with E-state index in [1.54, 1.807) is 0 Å². The molecule has 0 aromatic heterocycles. The Hall–Kier alpha value is -1.01. The average molecular weight is 217 g/mol. The standard InChI is InChI=1S/C8H11NO4S/c10-5-1-3-9(6(11)2-4-14)7(5)8(12)13/h2,4-5,7,10,14H,1,3H2,(H,12,13). The van der Waals surface area contributed by atoms with Crippen LogP contribution in [0.5, 0.6) is 0 Å². The third kappa shape index (κ3) is 2.08. The summed E-state index contributed by atoms with van der Waals surface area (Å²) in [6.45, 7) is 0.259. The highest BCUT2D eigenvalue weighted by atomic mass is 32.1. The minimum absolute atomic E-state index is 0.259. The van der Waals surface area contributed by atoms with Crippen LogP contribution in [0.4, 0.5) is 0 Å². The molecule has 0 saturated carbocycles. The highest BCUT2D eigenvalue weighted by Crippen LogP contribution is 2.18. The van der Waals surface area contributed by atoms with Crippen molar-refractivity contribution in [2.45, 2.75) is 18.6 Å². The summed E-state index contributed by atoms with van der Waals surface area (Å²) in [5.74, 6) is -1.63. The molecule has 1 rings (SSSR count). The van der Waals surface area contributed by atoms with E-state index in [1.807, 2.05) is 0 Å². The molecule has 1 amide bonds. The number of thiol groups is 1. The SMILES string of the molecule is O=C(O)C1C(O)CCN1C(=O)C=CS. The largest absolute Gasteiger partial charge is 0.480 e. The summed E-state index contributed by atoms with van der Waals surface area (Å²) in [6, 6.07) is -1.13. The molecule has 0 spiro atoms. The van der Waals surface area contributed by atoms with E-state index in [9.17, 15) is 14.7 Å². The van der Waals surface area contributed by atoms with Crippen molar-refractivity contribution in [3.8, 4) is 0 Å². The number of rotatable bonds is 2. The van der Waals surface area contributed by atoms with Gasteiger partial charge in [0.05, 0.1) is 6.10 Å². The smallest absolute Gasteiger partial charge is 0.329 e. The average Bonchev–Trinajstić information content (AvgIpc) is 2.47. The van der Waals surface area contributed by atoms with Crippen LogP contribution in [0.3, 0.4) is 0 Å². The number of hydrogen-bond acceptors (Lipinski definition) is 4. The normalized spacial score (nSPS) is 27.1. The fourth-order valence-electron chi connectivity index (χ4n) is 1.48. The molecule has 1 aliphatic rings. The lowest BCUT2D eigenvalue weighted by atomic mass is 10.2. The molecular weight excluding hydrogens is 206 g/mol. The first-order valence-electron chi connectivity index (χ1n) is 4.10. The van der Waals surface area contributed by atoms with Crippen LogP contribution < -0.4 is 0 Å². The highest BCUT2D eigenvalue weighted by Gasteiger charge is 2.40. The second-order valence-electron chi connectivity index (χ2n) is 2.99. The molecular formula is C8H11NO4S. The highest BCUT2D eigenvalue weighted by molar-refractivity contribution is 7.83. The van der Waals surface area contributed by atoms with Crippen molar-refractivity contribution in [1.82, 2.24) is 4.90 Å². The molecule has 2 unspecified atom stereocenters. The predicted molar refractivity (Wildman–Crippen MR) is 51.9 cm³/mol. The van der Waals surface area contributed by atoms with Crippen molar-refractivity contribution in [1.29, 1.82) is 0 Å². The molecule has 2 atom stereocenters. The van der Waals surface area contributed by atoms with E-state index >= 15 is 0 Å². The minimum atomic E-state index is -1.18. The van der Waals surface area contributed by atoms with Gasteiger partial charge in [0.25, 0.3) is 0 Å². The number of carbonyl (C=O) groups excluding carboxylic acids is 1. The summed E-state index contributed by atoms with van der Waals surface area (Å²) in [5, 5.41) is 19.3. The summed E-state index contributed by atoms with van der Waals surface area (Å²) >= 11 is 3.72. The Kier molecular flexibility index (Phi) is 3.54. The third-order valence-corrected chi connectivity index (χ3v) is 2.27. The van der Waals surface area contributed by atoms with Crippen LogP contribution in [0.2, 0.25) is 0 Å². The van der Waals surface area contributed by atoms with Gasteiger partial charge in [0.15, 0.2) is 6.04 Å². The topological polar surface area (TPSA) is 77.8 Å². The lowest BCUT2D eigenvalue weighted by Crippen LogP contribution is -2.44. The summed E-state index contributed by atoms with van der Waals surface area (Å²) in [4.78, 5) is 23.2. The van der Waals surface area contributed by atoms with Gasteiger partial charge >= 0.3 is 5.97 Å². The molecule has 0 aromatic carbocycles. The predicted octanol–water partition coefficient (Wildman–Crippen LogP) is -0.524. The zero-order chi connectivity index (χ0) is 10.7. The number of hydrogen-bond donors (Lipinski definition) is 3. The van der Waals surface area contributed by atoms with Crippen LogP contribution in [0, 0.1) is 0 Å². The molecule has 1 heterocycles. The van der Waals surface area contributed by atoms with Gasteiger partial charge in [-0.2, -0.15) is 12.6 Å². The minimum Gasteiger partial charge on any atom is -0.480 e. The molecule has 6 heteroatoms. The first kappa shape index (κ1) is 11.1. The molecule has 0 radical (unpaired) electrons. The number of carbonyl (C=O) groups is 2. The van der Waals surface area contributed by atoms with E-state index in [0.29, 0.717) is 6.42 Å². The molecule has 5 nitrogen and oxygen atoms in total. The second-order valence-corrected chi connectivity index (χ2v) is 3.28. The Morgan fingerprint density at radius 1 is 1.50 bits per heavy atom. The van der Waals surface area contributed by atoms with E-state index in [2.05, 4.69) is 12.6 Å². The van der Waals surface area contributed by atoms with Gasteiger partial charge in [0.1, 0.15) is 0 Å². The number of carboxylic acid groups (broad SMARTS) is 1. The molecule has 1 saturated heterocycles. The molecule has 0 aliphatic carbocycles. The molecule has 78 valence electrons. The maximum Gasteiger partial charge on any atom is 0.329 e. The van der Waals surface area contributed by atoms with Gasteiger partial charge < -0.3 is 15.1 Å². The van der Waals surface area contributed by atoms with Crippen LogP contribution in [0.25, 0.3) is 0 Å². The quantitative estimate of drug-likeness (QED) is 0.429. The van der Waals surface area contributed by atoms with E-state index in [-0.39, 0.29) is 6.54 Å². The molecule has 14 heavy (non-hydrogen) atoms. The second kappa shape index (κ2) is 4.47. The van der Waals surface area contributed by atoms with Gasteiger partial charge in [-0.25, -0.2) is 4.79 Å². The Labute approximate surface area is 86.4 Å². The summed E-state index contributed by atoms with van der Waals surface area (Å²) < 4.78 is 0. The van der Waals surface area contributed by atoms with E-state index in [0.717, 1.165) is 11.0 Å². The van der Waals surface area contributed by atoms with Crippen LogP contribution in [0.1, 0.15) is 6.42 Å². The van der Waals surface area contributed by atoms with E-state index < -0.39 is 24.0 Å².